The average molecular weight is 304 g/mol. The minimum Gasteiger partial charge on any atom is -0.481 e. The summed E-state index contributed by atoms with van der Waals surface area (Å²) < 4.78 is 0. The maximum atomic E-state index is 10.6. The van der Waals surface area contributed by atoms with Crippen molar-refractivity contribution in [1.82, 2.24) is 10.3 Å². The molecule has 0 saturated carbocycles. The van der Waals surface area contributed by atoms with E-state index in [0.29, 0.717) is 12.2 Å². The molecular weight excluding hydrogens is 284 g/mol. The summed E-state index contributed by atoms with van der Waals surface area (Å²) >= 11 is 1.50. The van der Waals surface area contributed by atoms with Gasteiger partial charge in [-0.05, 0) is 43.0 Å². The fourth-order valence-corrected chi connectivity index (χ4v) is 2.94. The molecule has 0 bridgehead atoms. The Kier molecular flexibility index (Phi) is 5.09. The Morgan fingerprint density at radius 3 is 2.71 bits per heavy atom. The van der Waals surface area contributed by atoms with E-state index in [1.54, 1.807) is 0 Å². The van der Waals surface area contributed by atoms with E-state index in [9.17, 15) is 4.79 Å². The number of carboxylic acids is 1. The van der Waals surface area contributed by atoms with E-state index in [0.717, 1.165) is 11.6 Å². The molecule has 0 atom stereocenters. The topological polar surface area (TPSA) is 62.2 Å². The standard InChI is InChI=1S/C16H20N2O2S/c1-10-4-5-13(12(3)11(10)2)7-17-8-15-18-14(9-21-15)6-16(19)20/h4-5,9,17H,6-8H2,1-3H3,(H,19,20). The number of benzene rings is 1. The Labute approximate surface area is 128 Å². The number of aliphatic carboxylic acids is 1. The van der Waals surface area contributed by atoms with Crippen molar-refractivity contribution in [3.05, 3.63) is 50.5 Å². The van der Waals surface area contributed by atoms with Crippen molar-refractivity contribution in [3.8, 4) is 0 Å². The number of nitrogens with zero attached hydrogens (tertiary/aromatic N) is 1. The van der Waals surface area contributed by atoms with Gasteiger partial charge in [-0.15, -0.1) is 11.3 Å². The third-order valence-corrected chi connectivity index (χ3v) is 4.59. The van der Waals surface area contributed by atoms with E-state index in [1.165, 1.54) is 33.6 Å². The summed E-state index contributed by atoms with van der Waals surface area (Å²) in [4.78, 5) is 14.9. The van der Waals surface area contributed by atoms with Crippen LogP contribution in [0.3, 0.4) is 0 Å². The number of aryl methyl sites for hydroxylation is 1. The van der Waals surface area contributed by atoms with Crippen molar-refractivity contribution < 1.29 is 9.90 Å². The van der Waals surface area contributed by atoms with Crippen LogP contribution in [-0.4, -0.2) is 16.1 Å². The van der Waals surface area contributed by atoms with Crippen LogP contribution in [0.15, 0.2) is 17.5 Å². The molecular formula is C16H20N2O2S. The Hall–Kier alpha value is -1.72. The molecule has 1 aromatic carbocycles. The first-order valence-electron chi connectivity index (χ1n) is 6.89. The van der Waals surface area contributed by atoms with Crippen LogP contribution in [0.5, 0.6) is 0 Å². The number of hydrogen-bond acceptors (Lipinski definition) is 4. The average Bonchev–Trinajstić information content (AvgIpc) is 2.85. The van der Waals surface area contributed by atoms with Crippen LogP contribution in [0.1, 0.15) is 33.0 Å². The highest BCUT2D eigenvalue weighted by atomic mass is 32.1. The minimum absolute atomic E-state index is 0.00718. The Morgan fingerprint density at radius 1 is 1.24 bits per heavy atom. The van der Waals surface area contributed by atoms with Crippen molar-refractivity contribution in [2.75, 3.05) is 0 Å². The summed E-state index contributed by atoms with van der Waals surface area (Å²) in [5.74, 6) is -0.842. The zero-order valence-corrected chi connectivity index (χ0v) is 13.4. The Morgan fingerprint density at radius 2 is 2.00 bits per heavy atom. The summed E-state index contributed by atoms with van der Waals surface area (Å²) in [5, 5.41) is 14.8. The maximum absolute atomic E-state index is 10.6. The van der Waals surface area contributed by atoms with E-state index in [-0.39, 0.29) is 6.42 Å². The molecule has 2 rings (SSSR count). The van der Waals surface area contributed by atoms with Gasteiger partial charge in [0.2, 0.25) is 0 Å². The second-order valence-electron chi connectivity index (χ2n) is 5.20. The Bertz CT molecular complexity index is 650. The lowest BCUT2D eigenvalue weighted by Crippen LogP contribution is -2.14. The van der Waals surface area contributed by atoms with Gasteiger partial charge in [0.1, 0.15) is 5.01 Å². The van der Waals surface area contributed by atoms with E-state index in [1.807, 2.05) is 5.38 Å². The molecule has 21 heavy (non-hydrogen) atoms. The number of hydrogen-bond donors (Lipinski definition) is 2. The van der Waals surface area contributed by atoms with Crippen LogP contribution in [0.2, 0.25) is 0 Å². The predicted octanol–water partition coefficient (Wildman–Crippen LogP) is 2.99. The lowest BCUT2D eigenvalue weighted by Gasteiger charge is -2.11. The molecule has 5 heteroatoms. The third-order valence-electron chi connectivity index (χ3n) is 3.69. The lowest BCUT2D eigenvalue weighted by atomic mass is 9.99. The first-order chi connectivity index (χ1) is 9.97. The van der Waals surface area contributed by atoms with E-state index < -0.39 is 5.97 Å². The van der Waals surface area contributed by atoms with Crippen molar-refractivity contribution in [2.24, 2.45) is 0 Å². The van der Waals surface area contributed by atoms with Crippen molar-refractivity contribution >= 4 is 17.3 Å². The van der Waals surface area contributed by atoms with Gasteiger partial charge in [-0.25, -0.2) is 4.98 Å². The van der Waals surface area contributed by atoms with Crippen LogP contribution < -0.4 is 5.32 Å². The molecule has 0 unspecified atom stereocenters. The molecule has 0 aliphatic carbocycles. The molecule has 0 fully saturated rings. The van der Waals surface area contributed by atoms with Crippen LogP contribution in [0.25, 0.3) is 0 Å². The van der Waals surface area contributed by atoms with Gasteiger partial charge in [0.15, 0.2) is 0 Å². The minimum atomic E-state index is -0.842. The van der Waals surface area contributed by atoms with Crippen LogP contribution in [0.4, 0.5) is 0 Å². The fourth-order valence-electron chi connectivity index (χ4n) is 2.17. The SMILES string of the molecule is Cc1ccc(CNCc2nc(CC(=O)O)cs2)c(C)c1C. The van der Waals surface area contributed by atoms with E-state index in [2.05, 4.69) is 43.2 Å². The molecule has 0 spiro atoms. The molecule has 0 amide bonds. The molecule has 0 aliphatic heterocycles. The number of carbonyl (C=O) groups is 1. The second-order valence-corrected chi connectivity index (χ2v) is 6.14. The first kappa shape index (κ1) is 15.7. The molecule has 0 radical (unpaired) electrons. The summed E-state index contributed by atoms with van der Waals surface area (Å²) in [7, 11) is 0. The van der Waals surface area contributed by atoms with Gasteiger partial charge in [0.05, 0.1) is 12.1 Å². The maximum Gasteiger partial charge on any atom is 0.309 e. The van der Waals surface area contributed by atoms with E-state index >= 15 is 0 Å². The summed E-state index contributed by atoms with van der Waals surface area (Å²) in [6.45, 7) is 7.87. The number of aromatic nitrogens is 1. The molecule has 112 valence electrons. The number of nitrogens with one attached hydrogen (secondary N) is 1. The van der Waals surface area contributed by atoms with Gasteiger partial charge >= 0.3 is 5.97 Å². The largest absolute Gasteiger partial charge is 0.481 e. The zero-order chi connectivity index (χ0) is 15.4. The van der Waals surface area contributed by atoms with Crippen molar-refractivity contribution in [3.63, 3.8) is 0 Å². The van der Waals surface area contributed by atoms with Gasteiger partial charge in [0, 0.05) is 18.5 Å². The fraction of sp³-hybridized carbons (Fsp3) is 0.375. The quantitative estimate of drug-likeness (QED) is 0.861. The van der Waals surface area contributed by atoms with Crippen LogP contribution in [0, 0.1) is 20.8 Å². The molecule has 4 nitrogen and oxygen atoms in total. The van der Waals surface area contributed by atoms with Gasteiger partial charge in [-0.3, -0.25) is 4.79 Å². The van der Waals surface area contributed by atoms with Crippen LogP contribution >= 0.6 is 11.3 Å². The van der Waals surface area contributed by atoms with Crippen molar-refractivity contribution in [2.45, 2.75) is 40.3 Å². The molecule has 1 aromatic heterocycles. The second kappa shape index (κ2) is 6.83. The highest BCUT2D eigenvalue weighted by molar-refractivity contribution is 7.09. The van der Waals surface area contributed by atoms with Gasteiger partial charge < -0.3 is 10.4 Å². The highest BCUT2D eigenvalue weighted by Gasteiger charge is 2.07. The molecule has 0 aliphatic rings. The normalized spacial score (nSPS) is 10.8. The van der Waals surface area contributed by atoms with Crippen molar-refractivity contribution in [1.29, 1.82) is 0 Å². The summed E-state index contributed by atoms with van der Waals surface area (Å²) in [6.07, 6.45) is -0.00718. The number of thiazole rings is 1. The highest BCUT2D eigenvalue weighted by Crippen LogP contribution is 2.17. The summed E-state index contributed by atoms with van der Waals surface area (Å²) in [5.41, 5.74) is 5.90. The van der Waals surface area contributed by atoms with E-state index in [4.69, 9.17) is 5.11 Å². The predicted molar refractivity (Wildman–Crippen MR) is 84.7 cm³/mol. The molecule has 2 aromatic rings. The number of carboxylic acid groups (broad SMARTS) is 1. The molecule has 0 saturated heterocycles. The molecule has 2 N–H and O–H groups in total. The monoisotopic (exact) mass is 304 g/mol. The summed E-state index contributed by atoms with van der Waals surface area (Å²) in [6, 6.07) is 4.30. The lowest BCUT2D eigenvalue weighted by molar-refractivity contribution is -0.136. The Balaban J connectivity index is 1.91. The van der Waals surface area contributed by atoms with Gasteiger partial charge in [-0.1, -0.05) is 12.1 Å². The van der Waals surface area contributed by atoms with Crippen LogP contribution in [-0.2, 0) is 24.3 Å². The van der Waals surface area contributed by atoms with Gasteiger partial charge in [0.25, 0.3) is 0 Å². The number of rotatable bonds is 6. The smallest absolute Gasteiger partial charge is 0.309 e. The zero-order valence-electron chi connectivity index (χ0n) is 12.6. The first-order valence-corrected chi connectivity index (χ1v) is 7.77. The van der Waals surface area contributed by atoms with Gasteiger partial charge in [-0.2, -0.15) is 0 Å². The third kappa shape index (κ3) is 4.12. The molecule has 1 heterocycles.